The number of hydrogen-bond acceptors (Lipinski definition) is 5. The molecule has 1 aromatic rings. The summed E-state index contributed by atoms with van der Waals surface area (Å²) in [6.45, 7) is 11.3. The number of benzene rings is 2. The molecule has 1 aromatic carbocycles. The van der Waals surface area contributed by atoms with Gasteiger partial charge in [-0.25, -0.2) is 9.56 Å². The van der Waals surface area contributed by atoms with Gasteiger partial charge in [-0.15, -0.1) is 11.3 Å². The molecule has 7 nitrogen and oxygen atoms in total. The van der Waals surface area contributed by atoms with Crippen molar-refractivity contribution in [3.8, 4) is 10.6 Å². The van der Waals surface area contributed by atoms with Gasteiger partial charge < -0.3 is 14.7 Å². The molecule has 0 atom stereocenters. The Hall–Kier alpha value is -3.00. The predicted octanol–water partition coefficient (Wildman–Crippen LogP) is 3.61. The van der Waals surface area contributed by atoms with Crippen molar-refractivity contribution < 1.29 is 9.59 Å². The smallest absolute Gasteiger partial charge is 0.226 e. The van der Waals surface area contributed by atoms with Gasteiger partial charge >= 0.3 is 0 Å². The lowest BCUT2D eigenvalue weighted by molar-refractivity contribution is -0.133. The summed E-state index contributed by atoms with van der Waals surface area (Å²) in [6.07, 6.45) is 6.18. The summed E-state index contributed by atoms with van der Waals surface area (Å²) in [5.41, 5.74) is 6.10. The molecule has 3 aliphatic carbocycles. The monoisotopic (exact) mass is 558 g/mol. The molecule has 7 rings (SSSR count). The first-order chi connectivity index (χ1) is 19.5. The molecule has 2 amide bonds. The minimum absolute atomic E-state index is 0.298. The van der Waals surface area contributed by atoms with Crippen molar-refractivity contribution in [3.63, 3.8) is 0 Å². The first-order valence-corrected chi connectivity index (χ1v) is 16.1. The number of carbonyl (C=O) groups is 2. The number of hydrogen-bond donors (Lipinski definition) is 0. The summed E-state index contributed by atoms with van der Waals surface area (Å²) in [5.74, 6) is 1.33. The Balaban J connectivity index is 1.21. The van der Waals surface area contributed by atoms with E-state index in [1.807, 2.05) is 11.3 Å². The fourth-order valence-corrected chi connectivity index (χ4v) is 7.53. The van der Waals surface area contributed by atoms with Gasteiger partial charge in [0.2, 0.25) is 17.2 Å². The van der Waals surface area contributed by atoms with Crippen molar-refractivity contribution in [2.75, 3.05) is 57.3 Å². The Labute approximate surface area is 240 Å². The third kappa shape index (κ3) is 4.89. The average molecular weight is 559 g/mol. The van der Waals surface area contributed by atoms with Gasteiger partial charge in [-0.1, -0.05) is 13.8 Å². The minimum Gasteiger partial charge on any atom is -0.368 e. The molecule has 4 fully saturated rings. The number of amides is 2. The van der Waals surface area contributed by atoms with Gasteiger partial charge in [-0.05, 0) is 61.8 Å². The van der Waals surface area contributed by atoms with E-state index in [-0.39, 0.29) is 0 Å². The van der Waals surface area contributed by atoms with E-state index in [1.165, 1.54) is 31.7 Å². The first kappa shape index (κ1) is 25.9. The summed E-state index contributed by atoms with van der Waals surface area (Å²) in [4.78, 5) is 38.2. The van der Waals surface area contributed by atoms with Gasteiger partial charge in [0.25, 0.3) is 0 Å². The SMILES string of the molecule is CCc1cc(=[N+]2CCN(C(=O)C3CC3)CC2)cc2sc3cc(N4CCN(C(=O)C5CC5)CC4)cc(CC)c3nc1-2. The second-order valence-corrected chi connectivity index (χ2v) is 13.1. The lowest BCUT2D eigenvalue weighted by Crippen LogP contribution is -2.50. The van der Waals surface area contributed by atoms with Crippen molar-refractivity contribution in [2.24, 2.45) is 11.8 Å². The topological polar surface area (TPSA) is 59.8 Å². The van der Waals surface area contributed by atoms with Crippen LogP contribution in [-0.2, 0) is 22.4 Å². The van der Waals surface area contributed by atoms with Gasteiger partial charge in [-0.3, -0.25) is 9.59 Å². The van der Waals surface area contributed by atoms with Gasteiger partial charge in [0, 0.05) is 55.8 Å². The third-order valence-corrected chi connectivity index (χ3v) is 10.3. The average Bonchev–Trinajstić information content (AvgIpc) is 3.92. The lowest BCUT2D eigenvalue weighted by atomic mass is 10.1. The zero-order chi connectivity index (χ0) is 27.4. The van der Waals surface area contributed by atoms with Crippen LogP contribution in [0.5, 0.6) is 0 Å². The van der Waals surface area contributed by atoms with Crippen molar-refractivity contribution in [3.05, 3.63) is 40.7 Å². The van der Waals surface area contributed by atoms with Gasteiger partial charge in [-0.2, -0.15) is 0 Å². The maximum atomic E-state index is 12.6. The number of rotatable bonds is 5. The third-order valence-electron chi connectivity index (χ3n) is 9.25. The largest absolute Gasteiger partial charge is 0.368 e. The van der Waals surface area contributed by atoms with E-state index in [4.69, 9.17) is 4.98 Å². The Kier molecular flexibility index (Phi) is 6.77. The molecular formula is C32H40N5O2S+. The fourth-order valence-electron chi connectivity index (χ4n) is 6.39. The van der Waals surface area contributed by atoms with Crippen LogP contribution in [0.3, 0.4) is 0 Å². The summed E-state index contributed by atoms with van der Waals surface area (Å²) in [6, 6.07) is 9.30. The summed E-state index contributed by atoms with van der Waals surface area (Å²) < 4.78 is 3.68. The van der Waals surface area contributed by atoms with Crippen LogP contribution in [0.4, 0.5) is 5.69 Å². The Morgan fingerprint density at radius 3 is 2.05 bits per heavy atom. The molecule has 2 saturated carbocycles. The Morgan fingerprint density at radius 2 is 1.45 bits per heavy atom. The molecule has 40 heavy (non-hydrogen) atoms. The maximum Gasteiger partial charge on any atom is 0.226 e. The van der Waals surface area contributed by atoms with E-state index in [1.54, 1.807) is 0 Å². The highest BCUT2D eigenvalue weighted by Gasteiger charge is 2.36. The minimum atomic E-state index is 0.298. The number of anilines is 1. The number of nitrogens with zero attached hydrogens (tertiary/aromatic N) is 5. The second kappa shape index (κ2) is 10.4. The molecule has 0 radical (unpaired) electrons. The summed E-state index contributed by atoms with van der Waals surface area (Å²) in [7, 11) is 0. The Morgan fingerprint density at radius 1 is 0.825 bits per heavy atom. The van der Waals surface area contributed by atoms with Crippen molar-refractivity contribution in [1.29, 1.82) is 0 Å². The number of aromatic nitrogens is 1. The molecular weight excluding hydrogens is 518 g/mol. The number of fused-ring (bicyclic) bond motifs is 2. The van der Waals surface area contributed by atoms with Gasteiger partial charge in [0.05, 0.1) is 33.9 Å². The molecule has 2 saturated heterocycles. The molecule has 0 bridgehead atoms. The van der Waals surface area contributed by atoms with E-state index in [2.05, 4.69) is 57.4 Å². The quantitative estimate of drug-likeness (QED) is 0.355. The van der Waals surface area contributed by atoms with Crippen LogP contribution in [0.1, 0.15) is 50.7 Å². The zero-order valence-corrected chi connectivity index (χ0v) is 24.6. The summed E-state index contributed by atoms with van der Waals surface area (Å²) >= 11 is 1.86. The van der Waals surface area contributed by atoms with E-state index < -0.39 is 0 Å². The normalized spacial score (nSPS) is 20.1. The molecule has 0 aromatic heterocycles. The van der Waals surface area contributed by atoms with Crippen LogP contribution in [0, 0.1) is 11.8 Å². The molecule has 0 unspecified atom stereocenters. The number of aryl methyl sites for hydroxylation is 2. The Bertz CT molecular complexity index is 1500. The highest BCUT2D eigenvalue weighted by atomic mass is 32.1. The van der Waals surface area contributed by atoms with Crippen LogP contribution in [0.15, 0.2) is 24.3 Å². The van der Waals surface area contributed by atoms with Crippen LogP contribution in [0.25, 0.3) is 20.8 Å². The highest BCUT2D eigenvalue weighted by molar-refractivity contribution is 7.21. The molecule has 8 heteroatoms. The van der Waals surface area contributed by atoms with E-state index >= 15 is 0 Å². The molecule has 0 N–H and O–H groups in total. The predicted molar refractivity (Wildman–Crippen MR) is 161 cm³/mol. The van der Waals surface area contributed by atoms with E-state index in [0.717, 1.165) is 102 Å². The highest BCUT2D eigenvalue weighted by Crippen LogP contribution is 2.37. The first-order valence-electron chi connectivity index (χ1n) is 15.3. The zero-order valence-electron chi connectivity index (χ0n) is 23.8. The fraction of sp³-hybridized carbons (Fsp3) is 0.562. The van der Waals surface area contributed by atoms with Crippen molar-refractivity contribution in [1.82, 2.24) is 19.4 Å². The maximum absolute atomic E-state index is 12.6. The van der Waals surface area contributed by atoms with Crippen LogP contribution >= 0.6 is 11.3 Å². The summed E-state index contributed by atoms with van der Waals surface area (Å²) in [5, 5.41) is 1.25. The molecule has 3 heterocycles. The van der Waals surface area contributed by atoms with Gasteiger partial charge in [0.15, 0.2) is 13.1 Å². The number of carbonyl (C=O) groups excluding carboxylic acids is 2. The molecule has 0 spiro atoms. The van der Waals surface area contributed by atoms with Crippen LogP contribution < -0.4 is 14.8 Å². The standard InChI is InChI=1S/C32H40N5O2S/c1-3-21-17-25(34-9-13-36(14-10-34)31(38)23-5-6-23)19-27-29(21)33-30-22(4-2)18-26(20-28(30)40-27)35-11-15-37(16-12-35)32(39)24-7-8-24/h17-20,23-24H,3-16H2,1-2H3/q+1. The van der Waals surface area contributed by atoms with Gasteiger partial charge in [0.1, 0.15) is 0 Å². The van der Waals surface area contributed by atoms with Crippen LogP contribution in [0.2, 0.25) is 0 Å². The van der Waals surface area contributed by atoms with E-state index in [9.17, 15) is 9.59 Å². The van der Waals surface area contributed by atoms with E-state index in [0.29, 0.717) is 23.7 Å². The number of piperazine rings is 2. The molecule has 3 aliphatic heterocycles. The van der Waals surface area contributed by atoms with Crippen LogP contribution in [-0.4, -0.2) is 79.0 Å². The molecule has 210 valence electrons. The molecule has 6 aliphatic rings. The van der Waals surface area contributed by atoms with Crippen molar-refractivity contribution in [2.45, 2.75) is 52.4 Å². The van der Waals surface area contributed by atoms with Crippen molar-refractivity contribution >= 4 is 39.1 Å². The lowest BCUT2D eigenvalue weighted by Gasteiger charge is -2.36. The second-order valence-electron chi connectivity index (χ2n) is 12.0.